The number of aromatic carboxylic acids is 1. The summed E-state index contributed by atoms with van der Waals surface area (Å²) in [5, 5.41) is 16.2. The Kier molecular flexibility index (Phi) is 6.96. The lowest BCUT2D eigenvalue weighted by Gasteiger charge is -2.15. The Morgan fingerprint density at radius 2 is 1.94 bits per heavy atom. The Morgan fingerprint density at radius 3 is 2.53 bits per heavy atom. The Morgan fingerprint density at radius 1 is 1.22 bits per heavy atom. The second-order valence-corrected chi connectivity index (χ2v) is 7.88. The molecule has 0 fully saturated rings. The van der Waals surface area contributed by atoms with Crippen molar-refractivity contribution in [1.29, 1.82) is 0 Å². The SMILES string of the molecule is C=C(Nc1cc(Cl)c(Sc2ccc(OC)c(OC)c2)cc1C(N)=O)n1cc(C(=O)O)cn1. The number of nitrogens with zero attached hydrogens (tertiary/aromatic N) is 2. The molecule has 0 aliphatic rings. The third-order valence-corrected chi connectivity index (χ3v) is 5.78. The molecular formula is C21H19ClN4O5S. The van der Waals surface area contributed by atoms with Crippen molar-refractivity contribution < 1.29 is 24.2 Å². The summed E-state index contributed by atoms with van der Waals surface area (Å²) in [5.74, 6) is -0.461. The van der Waals surface area contributed by atoms with Gasteiger partial charge in [0.05, 0.1) is 42.3 Å². The molecular weight excluding hydrogens is 456 g/mol. The van der Waals surface area contributed by atoms with E-state index in [1.165, 1.54) is 42.0 Å². The van der Waals surface area contributed by atoms with Crippen LogP contribution >= 0.6 is 23.4 Å². The van der Waals surface area contributed by atoms with Gasteiger partial charge >= 0.3 is 5.97 Å². The van der Waals surface area contributed by atoms with Crippen molar-refractivity contribution in [2.24, 2.45) is 5.73 Å². The zero-order chi connectivity index (χ0) is 23.4. The number of primary amides is 1. The maximum Gasteiger partial charge on any atom is 0.338 e. The number of nitrogens with two attached hydrogens (primary N) is 1. The van der Waals surface area contributed by atoms with E-state index < -0.39 is 11.9 Å². The fraction of sp³-hybridized carbons (Fsp3) is 0.0952. The minimum Gasteiger partial charge on any atom is -0.493 e. The van der Waals surface area contributed by atoms with Crippen molar-refractivity contribution >= 4 is 46.7 Å². The van der Waals surface area contributed by atoms with Gasteiger partial charge in [-0.25, -0.2) is 9.48 Å². The lowest BCUT2D eigenvalue weighted by Crippen LogP contribution is -2.15. The third-order valence-electron chi connectivity index (χ3n) is 4.31. The first-order valence-electron chi connectivity index (χ1n) is 9.01. The van der Waals surface area contributed by atoms with Crippen LogP contribution in [0.4, 0.5) is 5.69 Å². The van der Waals surface area contributed by atoms with Gasteiger partial charge in [0.1, 0.15) is 5.82 Å². The Bertz CT molecular complexity index is 1210. The van der Waals surface area contributed by atoms with Crippen molar-refractivity contribution in [3.8, 4) is 11.5 Å². The largest absolute Gasteiger partial charge is 0.493 e. The highest BCUT2D eigenvalue weighted by Crippen LogP contribution is 2.40. The maximum absolute atomic E-state index is 12.1. The predicted octanol–water partition coefficient (Wildman–Crippen LogP) is 4.04. The van der Waals surface area contributed by atoms with Gasteiger partial charge in [-0.3, -0.25) is 4.79 Å². The molecule has 4 N–H and O–H groups in total. The number of aromatic nitrogens is 2. The van der Waals surface area contributed by atoms with E-state index in [2.05, 4.69) is 17.0 Å². The van der Waals surface area contributed by atoms with Gasteiger partial charge in [0.25, 0.3) is 5.91 Å². The lowest BCUT2D eigenvalue weighted by molar-refractivity contribution is 0.0696. The summed E-state index contributed by atoms with van der Waals surface area (Å²) in [6, 6.07) is 8.48. The van der Waals surface area contributed by atoms with Gasteiger partial charge in [-0.1, -0.05) is 29.9 Å². The standard InChI is InChI=1S/C21H19ClN4O5S/c1-11(26-10-12(9-24-26)21(28)29)25-16-8-15(22)19(7-14(16)20(23)27)32-13-4-5-17(30-2)18(6-13)31-3/h4-10,25H,1H2,2-3H3,(H2,23,27)(H,28,29). The quantitative estimate of drug-likeness (QED) is 0.423. The highest BCUT2D eigenvalue weighted by molar-refractivity contribution is 7.99. The molecule has 1 amide bonds. The van der Waals surface area contributed by atoms with E-state index in [1.54, 1.807) is 25.3 Å². The Balaban J connectivity index is 1.90. The van der Waals surface area contributed by atoms with E-state index in [0.717, 1.165) is 4.90 Å². The van der Waals surface area contributed by atoms with E-state index in [9.17, 15) is 9.59 Å². The fourth-order valence-corrected chi connectivity index (χ4v) is 3.91. The van der Waals surface area contributed by atoms with Crippen LogP contribution in [-0.4, -0.2) is 41.0 Å². The number of hydrogen-bond acceptors (Lipinski definition) is 7. The number of carboxylic acids is 1. The number of ether oxygens (including phenoxy) is 2. The summed E-state index contributed by atoms with van der Waals surface area (Å²) in [5.41, 5.74) is 6.03. The normalized spacial score (nSPS) is 10.5. The molecule has 1 aromatic heterocycles. The summed E-state index contributed by atoms with van der Waals surface area (Å²) in [4.78, 5) is 24.5. The third kappa shape index (κ3) is 4.98. The molecule has 32 heavy (non-hydrogen) atoms. The fourth-order valence-electron chi connectivity index (χ4n) is 2.74. The number of carboxylic acid groups (broad SMARTS) is 1. The van der Waals surface area contributed by atoms with Gasteiger partial charge in [-0.2, -0.15) is 5.10 Å². The van der Waals surface area contributed by atoms with Crippen molar-refractivity contribution in [3.63, 3.8) is 0 Å². The van der Waals surface area contributed by atoms with E-state index in [0.29, 0.717) is 27.1 Å². The number of carbonyl (C=O) groups excluding carboxylic acids is 1. The number of carbonyl (C=O) groups is 2. The number of hydrogen-bond donors (Lipinski definition) is 3. The number of halogens is 1. The minimum absolute atomic E-state index is 0.0113. The van der Waals surface area contributed by atoms with Crippen LogP contribution in [0.3, 0.4) is 0 Å². The smallest absolute Gasteiger partial charge is 0.338 e. The van der Waals surface area contributed by atoms with Crippen LogP contribution < -0.4 is 20.5 Å². The molecule has 0 spiro atoms. The van der Waals surface area contributed by atoms with Crippen LogP contribution in [0.1, 0.15) is 20.7 Å². The molecule has 2 aromatic carbocycles. The molecule has 0 saturated heterocycles. The van der Waals surface area contributed by atoms with E-state index >= 15 is 0 Å². The molecule has 0 atom stereocenters. The van der Waals surface area contributed by atoms with Crippen molar-refractivity contribution in [2.75, 3.05) is 19.5 Å². The molecule has 3 aromatic rings. The highest BCUT2D eigenvalue weighted by atomic mass is 35.5. The number of rotatable bonds is 9. The summed E-state index contributed by atoms with van der Waals surface area (Å²) < 4.78 is 11.8. The van der Waals surface area contributed by atoms with Crippen LogP contribution in [0.2, 0.25) is 5.02 Å². The van der Waals surface area contributed by atoms with Gasteiger partial charge in [0, 0.05) is 16.0 Å². The second-order valence-electron chi connectivity index (χ2n) is 6.36. The van der Waals surface area contributed by atoms with Crippen LogP contribution in [0.25, 0.3) is 5.82 Å². The topological polar surface area (TPSA) is 129 Å². The van der Waals surface area contributed by atoms with Crippen molar-refractivity contribution in [3.05, 3.63) is 65.5 Å². The number of amides is 1. The van der Waals surface area contributed by atoms with Crippen LogP contribution in [0.15, 0.2) is 59.1 Å². The number of benzene rings is 2. The van der Waals surface area contributed by atoms with Crippen LogP contribution in [0, 0.1) is 0 Å². The van der Waals surface area contributed by atoms with Crippen molar-refractivity contribution in [1.82, 2.24) is 9.78 Å². The Labute approximate surface area is 192 Å². The Hall–Kier alpha value is -3.63. The molecule has 0 unspecified atom stereocenters. The van der Waals surface area contributed by atoms with Gasteiger partial charge in [0.15, 0.2) is 11.5 Å². The molecule has 0 aliphatic heterocycles. The van der Waals surface area contributed by atoms with E-state index in [-0.39, 0.29) is 16.9 Å². The molecule has 0 aliphatic carbocycles. The summed E-state index contributed by atoms with van der Waals surface area (Å²) in [6.07, 6.45) is 2.46. The van der Waals surface area contributed by atoms with Gasteiger partial charge in [-0.05, 0) is 30.3 Å². The average Bonchev–Trinajstić information content (AvgIpc) is 3.26. The number of anilines is 1. The molecule has 0 radical (unpaired) electrons. The average molecular weight is 475 g/mol. The van der Waals surface area contributed by atoms with Crippen molar-refractivity contribution in [2.45, 2.75) is 9.79 Å². The first kappa shape index (κ1) is 23.0. The van der Waals surface area contributed by atoms with E-state index in [4.69, 9.17) is 31.9 Å². The summed E-state index contributed by atoms with van der Waals surface area (Å²) in [7, 11) is 3.09. The van der Waals surface area contributed by atoms with E-state index in [1.807, 2.05) is 6.07 Å². The molecule has 3 rings (SSSR count). The summed E-state index contributed by atoms with van der Waals surface area (Å²) >= 11 is 7.78. The minimum atomic E-state index is -1.12. The first-order chi connectivity index (χ1) is 15.2. The molecule has 11 heteroatoms. The van der Waals surface area contributed by atoms with Crippen LogP contribution in [-0.2, 0) is 0 Å². The molecule has 0 saturated carbocycles. The van der Waals surface area contributed by atoms with Crippen LogP contribution in [0.5, 0.6) is 11.5 Å². The van der Waals surface area contributed by atoms with Gasteiger partial charge < -0.3 is 25.6 Å². The summed E-state index contributed by atoms with van der Waals surface area (Å²) in [6.45, 7) is 3.82. The molecule has 1 heterocycles. The van der Waals surface area contributed by atoms with Gasteiger partial charge in [0.2, 0.25) is 0 Å². The maximum atomic E-state index is 12.1. The predicted molar refractivity (Wildman–Crippen MR) is 122 cm³/mol. The zero-order valence-electron chi connectivity index (χ0n) is 17.1. The lowest BCUT2D eigenvalue weighted by atomic mass is 10.1. The molecule has 166 valence electrons. The second kappa shape index (κ2) is 9.67. The highest BCUT2D eigenvalue weighted by Gasteiger charge is 2.16. The zero-order valence-corrected chi connectivity index (χ0v) is 18.7. The molecule has 0 bridgehead atoms. The monoisotopic (exact) mass is 474 g/mol. The number of nitrogens with one attached hydrogen (secondary N) is 1. The first-order valence-corrected chi connectivity index (χ1v) is 10.2. The van der Waals surface area contributed by atoms with Gasteiger partial charge in [-0.15, -0.1) is 0 Å². The number of methoxy groups -OCH3 is 2. The molecule has 9 nitrogen and oxygen atoms in total.